The molecule has 0 radical (unpaired) electrons. The molecular weight excluding hydrogens is 442 g/mol. The molecular formula is C23H23Cl2FN2O3. The van der Waals surface area contributed by atoms with E-state index in [0.29, 0.717) is 22.7 Å². The van der Waals surface area contributed by atoms with Crippen LogP contribution in [0, 0.1) is 11.2 Å². The number of carboxylic acids is 1. The van der Waals surface area contributed by atoms with E-state index < -0.39 is 35.2 Å². The SMILES string of the molecule is CC(C)(C)C[C@@H]1N[C@@H](C(=O)O)[C@H](c2cccc(Cl)c2F)[C@]12C(=O)Nc1cc(Cl)ccc12. The number of rotatable bonds is 3. The van der Waals surface area contributed by atoms with Crippen molar-refractivity contribution in [2.24, 2.45) is 5.41 Å². The third kappa shape index (κ3) is 3.41. The smallest absolute Gasteiger partial charge is 0.321 e. The van der Waals surface area contributed by atoms with Crippen molar-refractivity contribution in [3.63, 3.8) is 0 Å². The fourth-order valence-electron chi connectivity index (χ4n) is 5.14. The first kappa shape index (κ1) is 22.1. The molecule has 2 aliphatic rings. The number of hydrogen-bond acceptors (Lipinski definition) is 3. The number of halogens is 3. The number of carbonyl (C=O) groups is 2. The molecule has 8 heteroatoms. The topological polar surface area (TPSA) is 78.4 Å². The number of nitrogens with one attached hydrogen (secondary N) is 2. The Morgan fingerprint density at radius 1 is 1.23 bits per heavy atom. The van der Waals surface area contributed by atoms with Gasteiger partial charge >= 0.3 is 5.97 Å². The van der Waals surface area contributed by atoms with Gasteiger partial charge < -0.3 is 10.4 Å². The molecule has 4 rings (SSSR count). The van der Waals surface area contributed by atoms with E-state index in [1.54, 1.807) is 24.3 Å². The highest BCUT2D eigenvalue weighted by Crippen LogP contribution is 2.57. The summed E-state index contributed by atoms with van der Waals surface area (Å²) < 4.78 is 15.3. The van der Waals surface area contributed by atoms with Crippen molar-refractivity contribution in [1.82, 2.24) is 5.32 Å². The minimum absolute atomic E-state index is 0.0989. The second-order valence-corrected chi connectivity index (χ2v) is 10.3. The van der Waals surface area contributed by atoms with E-state index in [1.807, 2.05) is 20.8 Å². The maximum absolute atomic E-state index is 15.3. The Kier molecular flexibility index (Phi) is 5.31. The number of carbonyl (C=O) groups excluding carboxylic acids is 1. The third-order valence-electron chi connectivity index (χ3n) is 6.20. The van der Waals surface area contributed by atoms with Crippen molar-refractivity contribution >= 4 is 40.8 Å². The Balaban J connectivity index is 2.04. The van der Waals surface area contributed by atoms with Gasteiger partial charge in [-0.1, -0.05) is 62.2 Å². The van der Waals surface area contributed by atoms with Crippen LogP contribution in [-0.4, -0.2) is 29.1 Å². The van der Waals surface area contributed by atoms with Crippen LogP contribution in [0.2, 0.25) is 10.0 Å². The third-order valence-corrected chi connectivity index (χ3v) is 6.73. The van der Waals surface area contributed by atoms with E-state index in [2.05, 4.69) is 10.6 Å². The summed E-state index contributed by atoms with van der Waals surface area (Å²) in [7, 11) is 0. The molecule has 5 nitrogen and oxygen atoms in total. The van der Waals surface area contributed by atoms with Crippen LogP contribution >= 0.6 is 23.2 Å². The number of carboxylic acid groups (broad SMARTS) is 1. The van der Waals surface area contributed by atoms with Crippen molar-refractivity contribution in [2.75, 3.05) is 5.32 Å². The highest BCUT2D eigenvalue weighted by molar-refractivity contribution is 6.31. The predicted octanol–water partition coefficient (Wildman–Crippen LogP) is 4.97. The average molecular weight is 465 g/mol. The highest BCUT2D eigenvalue weighted by atomic mass is 35.5. The lowest BCUT2D eigenvalue weighted by Gasteiger charge is -2.37. The number of hydrogen-bond donors (Lipinski definition) is 3. The van der Waals surface area contributed by atoms with E-state index in [4.69, 9.17) is 23.2 Å². The molecule has 0 unspecified atom stereocenters. The zero-order chi connectivity index (χ0) is 22.7. The number of anilines is 1. The van der Waals surface area contributed by atoms with Crippen molar-refractivity contribution in [2.45, 2.75) is 50.6 Å². The van der Waals surface area contributed by atoms with Gasteiger partial charge in [0.15, 0.2) is 0 Å². The van der Waals surface area contributed by atoms with Crippen LogP contribution in [0.5, 0.6) is 0 Å². The van der Waals surface area contributed by atoms with Gasteiger partial charge in [0.2, 0.25) is 5.91 Å². The van der Waals surface area contributed by atoms with Crippen LogP contribution < -0.4 is 10.6 Å². The van der Waals surface area contributed by atoms with Gasteiger partial charge in [0, 0.05) is 22.7 Å². The molecule has 1 fully saturated rings. The van der Waals surface area contributed by atoms with Crippen LogP contribution in [0.1, 0.15) is 44.2 Å². The van der Waals surface area contributed by atoms with Crippen LogP contribution in [0.15, 0.2) is 36.4 Å². The van der Waals surface area contributed by atoms with E-state index in [0.717, 1.165) is 0 Å². The second kappa shape index (κ2) is 7.47. The van der Waals surface area contributed by atoms with E-state index in [1.165, 1.54) is 12.1 Å². The second-order valence-electron chi connectivity index (χ2n) is 9.43. The van der Waals surface area contributed by atoms with E-state index in [9.17, 15) is 14.7 Å². The van der Waals surface area contributed by atoms with Crippen molar-refractivity contribution < 1.29 is 19.1 Å². The fraction of sp³-hybridized carbons (Fsp3) is 0.391. The van der Waals surface area contributed by atoms with Gasteiger partial charge in [-0.3, -0.25) is 14.9 Å². The summed E-state index contributed by atoms with van der Waals surface area (Å²) in [5.74, 6) is -3.26. The molecule has 0 bridgehead atoms. The Morgan fingerprint density at radius 3 is 2.58 bits per heavy atom. The monoisotopic (exact) mass is 464 g/mol. The molecule has 1 spiro atoms. The molecule has 1 saturated heterocycles. The summed E-state index contributed by atoms with van der Waals surface area (Å²) in [4.78, 5) is 26.0. The molecule has 164 valence electrons. The number of fused-ring (bicyclic) bond motifs is 2. The summed E-state index contributed by atoms with van der Waals surface area (Å²) in [6, 6.07) is 7.76. The Bertz CT molecular complexity index is 1080. The number of amides is 1. The van der Waals surface area contributed by atoms with E-state index in [-0.39, 0.29) is 21.9 Å². The minimum atomic E-state index is -1.35. The summed E-state index contributed by atoms with van der Waals surface area (Å²) in [5, 5.41) is 16.4. The largest absolute Gasteiger partial charge is 0.480 e. The molecule has 0 aromatic heterocycles. The lowest BCUT2D eigenvalue weighted by Crippen LogP contribution is -2.49. The average Bonchev–Trinajstić information content (AvgIpc) is 3.12. The summed E-state index contributed by atoms with van der Waals surface area (Å²) in [6.45, 7) is 6.04. The maximum atomic E-state index is 15.3. The van der Waals surface area contributed by atoms with Gasteiger partial charge in [0.25, 0.3) is 0 Å². The first-order chi connectivity index (χ1) is 14.5. The van der Waals surface area contributed by atoms with Crippen LogP contribution in [0.3, 0.4) is 0 Å². The van der Waals surface area contributed by atoms with Crippen molar-refractivity contribution in [3.05, 3.63) is 63.4 Å². The standard InChI is InChI=1S/C23H23Cl2FN2O3/c1-22(2,3)10-16-23(13-8-7-11(24)9-15(13)27-21(23)31)17(19(28-16)20(29)30)12-5-4-6-14(25)18(12)26/h4-9,16-17,19,28H,10H2,1-3H3,(H,27,31)(H,29,30)/t16-,17-,19+,23+/m0/s1. The molecule has 2 aliphatic heterocycles. The summed E-state index contributed by atoms with van der Waals surface area (Å²) in [6.07, 6.45) is 0.491. The van der Waals surface area contributed by atoms with Crippen molar-refractivity contribution in [3.8, 4) is 0 Å². The van der Waals surface area contributed by atoms with Gasteiger partial charge in [-0.05, 0) is 41.2 Å². The van der Waals surface area contributed by atoms with Crippen LogP contribution in [0.4, 0.5) is 10.1 Å². The zero-order valence-electron chi connectivity index (χ0n) is 17.3. The lowest BCUT2D eigenvalue weighted by molar-refractivity contribution is -0.139. The molecule has 31 heavy (non-hydrogen) atoms. The molecule has 2 aromatic carbocycles. The lowest BCUT2D eigenvalue weighted by atomic mass is 9.62. The first-order valence-corrected chi connectivity index (χ1v) is 10.8. The van der Waals surface area contributed by atoms with Crippen LogP contribution in [0.25, 0.3) is 0 Å². The normalized spacial score (nSPS) is 27.4. The highest BCUT2D eigenvalue weighted by Gasteiger charge is 2.66. The van der Waals surface area contributed by atoms with E-state index >= 15 is 4.39 Å². The van der Waals surface area contributed by atoms with Gasteiger partial charge in [-0.2, -0.15) is 0 Å². The zero-order valence-corrected chi connectivity index (χ0v) is 18.8. The molecule has 2 heterocycles. The number of benzene rings is 2. The van der Waals surface area contributed by atoms with Gasteiger partial charge in [0.05, 0.1) is 5.02 Å². The molecule has 0 saturated carbocycles. The molecule has 4 atom stereocenters. The first-order valence-electron chi connectivity index (χ1n) is 10.0. The molecule has 0 aliphatic carbocycles. The molecule has 3 N–H and O–H groups in total. The van der Waals surface area contributed by atoms with Crippen LogP contribution in [-0.2, 0) is 15.0 Å². The predicted molar refractivity (Wildman–Crippen MR) is 118 cm³/mol. The van der Waals surface area contributed by atoms with Gasteiger partial charge in [-0.25, -0.2) is 4.39 Å². The molecule has 1 amide bonds. The number of aliphatic carboxylic acids is 1. The Hall–Kier alpha value is -2.15. The maximum Gasteiger partial charge on any atom is 0.321 e. The minimum Gasteiger partial charge on any atom is -0.480 e. The fourth-order valence-corrected chi connectivity index (χ4v) is 5.49. The van der Waals surface area contributed by atoms with Crippen molar-refractivity contribution in [1.29, 1.82) is 0 Å². The Labute approximate surface area is 189 Å². The van der Waals surface area contributed by atoms with Gasteiger partial charge in [-0.15, -0.1) is 0 Å². The van der Waals surface area contributed by atoms with Gasteiger partial charge in [0.1, 0.15) is 17.3 Å². The summed E-state index contributed by atoms with van der Waals surface area (Å²) >= 11 is 12.2. The Morgan fingerprint density at radius 2 is 1.94 bits per heavy atom. The molecule has 2 aromatic rings. The summed E-state index contributed by atoms with van der Waals surface area (Å²) in [5.41, 5.74) is -0.359. The quantitative estimate of drug-likeness (QED) is 0.599.